The lowest BCUT2D eigenvalue weighted by Gasteiger charge is -2.21. The zero-order chi connectivity index (χ0) is 19.4. The van der Waals surface area contributed by atoms with Crippen LogP contribution in [0.25, 0.3) is 0 Å². The molecule has 0 aliphatic rings. The summed E-state index contributed by atoms with van der Waals surface area (Å²) in [5.74, 6) is 0.674. The first-order chi connectivity index (χ1) is 12.9. The highest BCUT2D eigenvalue weighted by Gasteiger charge is 2.24. The van der Waals surface area contributed by atoms with Crippen LogP contribution in [-0.4, -0.2) is 28.8 Å². The van der Waals surface area contributed by atoms with Crippen molar-refractivity contribution >= 4 is 21.6 Å². The summed E-state index contributed by atoms with van der Waals surface area (Å²) in [6, 6.07) is 14.5. The van der Waals surface area contributed by atoms with Crippen molar-refractivity contribution in [3.63, 3.8) is 0 Å². The van der Waals surface area contributed by atoms with Gasteiger partial charge in [0.1, 0.15) is 5.82 Å². The minimum atomic E-state index is -3.59. The summed E-state index contributed by atoms with van der Waals surface area (Å²) in [7, 11) is -3.59. The maximum absolute atomic E-state index is 13.0. The van der Waals surface area contributed by atoms with Crippen molar-refractivity contribution in [2.24, 2.45) is 0 Å². The van der Waals surface area contributed by atoms with Crippen molar-refractivity contribution < 1.29 is 8.42 Å². The van der Waals surface area contributed by atoms with Crippen molar-refractivity contribution in [3.8, 4) is 0 Å². The number of rotatable bonds is 7. The van der Waals surface area contributed by atoms with Crippen molar-refractivity contribution in [1.82, 2.24) is 13.9 Å². The molecule has 5 nitrogen and oxygen atoms in total. The van der Waals surface area contributed by atoms with Crippen LogP contribution in [0.15, 0.2) is 65.8 Å². The molecule has 0 spiro atoms. The first-order valence-corrected chi connectivity index (χ1v) is 10.5. The molecule has 0 saturated carbocycles. The Morgan fingerprint density at radius 3 is 2.48 bits per heavy atom. The predicted molar refractivity (Wildman–Crippen MR) is 107 cm³/mol. The largest absolute Gasteiger partial charge is 0.329 e. The molecule has 0 saturated heterocycles. The van der Waals surface area contributed by atoms with E-state index in [1.54, 1.807) is 30.5 Å². The number of sulfonamides is 1. The monoisotopic (exact) mass is 403 g/mol. The van der Waals surface area contributed by atoms with Gasteiger partial charge in [-0.3, -0.25) is 0 Å². The third-order valence-electron chi connectivity index (χ3n) is 4.43. The highest BCUT2D eigenvalue weighted by atomic mass is 35.5. The Morgan fingerprint density at radius 2 is 1.81 bits per heavy atom. The molecule has 1 aromatic heterocycles. The van der Waals surface area contributed by atoms with E-state index in [4.69, 9.17) is 11.6 Å². The fourth-order valence-electron chi connectivity index (χ4n) is 2.83. The number of aromatic nitrogens is 2. The Hall–Kier alpha value is -2.15. The molecular formula is C20H22ClN3O2S. The third kappa shape index (κ3) is 4.40. The number of benzene rings is 2. The second kappa shape index (κ2) is 8.25. The van der Waals surface area contributed by atoms with E-state index in [0.717, 1.165) is 11.1 Å². The van der Waals surface area contributed by atoms with Crippen LogP contribution in [0.3, 0.4) is 0 Å². The number of imidazole rings is 1. The standard InChI is InChI=1S/C20H22ClN3O2S/c1-3-24(27(25,26)18-10-8-16(2)9-11-18)15-20-22-12-13-23(20)14-17-6-4-5-7-19(17)21/h4-13H,3,14-15H2,1-2H3. The Bertz CT molecular complexity index is 1010. The van der Waals surface area contributed by atoms with Gasteiger partial charge in [-0.25, -0.2) is 13.4 Å². The van der Waals surface area contributed by atoms with Gasteiger partial charge in [-0.1, -0.05) is 54.4 Å². The lowest BCUT2D eigenvalue weighted by atomic mass is 10.2. The summed E-state index contributed by atoms with van der Waals surface area (Å²) in [6.07, 6.45) is 3.52. The topological polar surface area (TPSA) is 55.2 Å². The first-order valence-electron chi connectivity index (χ1n) is 8.72. The molecule has 0 N–H and O–H groups in total. The van der Waals surface area contributed by atoms with Crippen LogP contribution in [-0.2, 0) is 23.1 Å². The molecule has 142 valence electrons. The van der Waals surface area contributed by atoms with Gasteiger partial charge in [0.15, 0.2) is 0 Å². The third-order valence-corrected chi connectivity index (χ3v) is 6.73. The zero-order valence-electron chi connectivity index (χ0n) is 15.3. The van der Waals surface area contributed by atoms with E-state index in [1.807, 2.05) is 48.9 Å². The van der Waals surface area contributed by atoms with Crippen LogP contribution in [0.4, 0.5) is 0 Å². The summed E-state index contributed by atoms with van der Waals surface area (Å²) in [5, 5.41) is 0.678. The van der Waals surface area contributed by atoms with E-state index in [9.17, 15) is 8.42 Å². The summed E-state index contributed by atoms with van der Waals surface area (Å²) < 4.78 is 29.3. The Morgan fingerprint density at radius 1 is 1.11 bits per heavy atom. The van der Waals surface area contributed by atoms with E-state index in [-0.39, 0.29) is 6.54 Å². The predicted octanol–water partition coefficient (Wildman–Crippen LogP) is 4.10. The molecule has 7 heteroatoms. The molecular weight excluding hydrogens is 382 g/mol. The molecule has 0 aliphatic heterocycles. The average Bonchev–Trinajstić information content (AvgIpc) is 3.08. The highest BCUT2D eigenvalue weighted by molar-refractivity contribution is 7.89. The van der Waals surface area contributed by atoms with Crippen molar-refractivity contribution in [3.05, 3.63) is 82.9 Å². The van der Waals surface area contributed by atoms with Gasteiger partial charge in [-0.2, -0.15) is 4.31 Å². The molecule has 0 radical (unpaired) electrons. The molecule has 0 aliphatic carbocycles. The second-order valence-electron chi connectivity index (χ2n) is 6.31. The van der Waals surface area contributed by atoms with Crippen molar-refractivity contribution in [2.45, 2.75) is 31.8 Å². The van der Waals surface area contributed by atoms with E-state index >= 15 is 0 Å². The van der Waals surface area contributed by atoms with Gasteiger partial charge in [0.2, 0.25) is 10.0 Å². The van der Waals surface area contributed by atoms with E-state index < -0.39 is 10.0 Å². The van der Waals surface area contributed by atoms with Crippen molar-refractivity contribution in [1.29, 1.82) is 0 Å². The number of hydrogen-bond donors (Lipinski definition) is 0. The number of nitrogens with zero attached hydrogens (tertiary/aromatic N) is 3. The molecule has 3 rings (SSSR count). The Labute approximate surface area is 165 Å². The summed E-state index contributed by atoms with van der Waals surface area (Å²) in [4.78, 5) is 4.66. The smallest absolute Gasteiger partial charge is 0.243 e. The molecule has 27 heavy (non-hydrogen) atoms. The first kappa shape index (κ1) is 19.6. The van der Waals surface area contributed by atoms with Gasteiger partial charge in [-0.05, 0) is 30.7 Å². The highest BCUT2D eigenvalue weighted by Crippen LogP contribution is 2.20. The molecule has 0 unspecified atom stereocenters. The molecule has 0 fully saturated rings. The molecule has 3 aromatic rings. The van der Waals surface area contributed by atoms with Gasteiger partial charge in [0.25, 0.3) is 0 Å². The van der Waals surface area contributed by atoms with Crippen LogP contribution in [0.1, 0.15) is 23.9 Å². The molecule has 2 aromatic carbocycles. The number of aryl methyl sites for hydroxylation is 1. The van der Waals surface area contributed by atoms with Crippen LogP contribution in [0.5, 0.6) is 0 Å². The van der Waals surface area contributed by atoms with Gasteiger partial charge >= 0.3 is 0 Å². The number of halogens is 1. The van der Waals surface area contributed by atoms with E-state index in [1.165, 1.54) is 4.31 Å². The average molecular weight is 404 g/mol. The quantitative estimate of drug-likeness (QED) is 0.596. The molecule has 0 amide bonds. The molecule has 1 heterocycles. The van der Waals surface area contributed by atoms with Gasteiger partial charge < -0.3 is 4.57 Å². The SMILES string of the molecule is CCN(Cc1nccn1Cc1ccccc1Cl)S(=O)(=O)c1ccc(C)cc1. The van der Waals surface area contributed by atoms with Gasteiger partial charge in [0.05, 0.1) is 18.0 Å². The van der Waals surface area contributed by atoms with Crippen LogP contribution >= 0.6 is 11.6 Å². The normalized spacial score (nSPS) is 11.9. The summed E-state index contributed by atoms with van der Waals surface area (Å²) in [6.45, 7) is 4.85. The molecule has 0 bridgehead atoms. The lowest BCUT2D eigenvalue weighted by Crippen LogP contribution is -2.31. The Kier molecular flexibility index (Phi) is 5.99. The van der Waals surface area contributed by atoms with Crippen LogP contribution < -0.4 is 0 Å². The zero-order valence-corrected chi connectivity index (χ0v) is 16.9. The number of hydrogen-bond acceptors (Lipinski definition) is 3. The van der Waals surface area contributed by atoms with Crippen molar-refractivity contribution in [2.75, 3.05) is 6.54 Å². The minimum absolute atomic E-state index is 0.199. The van der Waals surface area contributed by atoms with Crippen LogP contribution in [0, 0.1) is 6.92 Å². The summed E-state index contributed by atoms with van der Waals surface area (Å²) in [5.41, 5.74) is 1.98. The second-order valence-corrected chi connectivity index (χ2v) is 8.65. The Balaban J connectivity index is 1.84. The minimum Gasteiger partial charge on any atom is -0.329 e. The maximum Gasteiger partial charge on any atom is 0.243 e. The molecule has 0 atom stereocenters. The van der Waals surface area contributed by atoms with E-state index in [2.05, 4.69) is 4.98 Å². The maximum atomic E-state index is 13.0. The summed E-state index contributed by atoms with van der Waals surface area (Å²) >= 11 is 6.25. The van der Waals surface area contributed by atoms with Gasteiger partial charge in [0, 0.05) is 24.0 Å². The fraction of sp³-hybridized carbons (Fsp3) is 0.250. The van der Waals surface area contributed by atoms with Gasteiger partial charge in [-0.15, -0.1) is 0 Å². The fourth-order valence-corrected chi connectivity index (χ4v) is 4.43. The van der Waals surface area contributed by atoms with Crippen LogP contribution in [0.2, 0.25) is 5.02 Å². The lowest BCUT2D eigenvalue weighted by molar-refractivity contribution is 0.407. The van der Waals surface area contributed by atoms with E-state index in [0.29, 0.717) is 28.8 Å².